The summed E-state index contributed by atoms with van der Waals surface area (Å²) in [5, 5.41) is -0.324. The maximum absolute atomic E-state index is 12.5. The second-order valence-corrected chi connectivity index (χ2v) is 6.43. The number of aromatic nitrogens is 1. The number of rotatable bonds is 1. The second-order valence-electron chi connectivity index (χ2n) is 4.18. The molecule has 1 nitrogen and oxygen atoms in total. The lowest BCUT2D eigenvalue weighted by atomic mass is 10.3. The number of pyridine rings is 1. The molecule has 0 unspecified atom stereocenters. The van der Waals surface area contributed by atoms with Crippen LogP contribution in [-0.4, -0.2) is 9.73 Å². The number of thioether (sulfide) groups is 1. The van der Waals surface area contributed by atoms with Crippen LogP contribution in [0.15, 0.2) is 17.2 Å². The van der Waals surface area contributed by atoms with Crippen molar-refractivity contribution in [3.8, 4) is 0 Å². The van der Waals surface area contributed by atoms with Gasteiger partial charge in [0.1, 0.15) is 0 Å². The molecular formula is C10H11ClF3NS. The van der Waals surface area contributed by atoms with Crippen LogP contribution < -0.4 is 0 Å². The molecule has 1 aromatic rings. The van der Waals surface area contributed by atoms with E-state index in [0.717, 1.165) is 6.20 Å². The van der Waals surface area contributed by atoms with Crippen molar-refractivity contribution < 1.29 is 13.2 Å². The highest BCUT2D eigenvalue weighted by molar-refractivity contribution is 8.00. The van der Waals surface area contributed by atoms with Gasteiger partial charge in [-0.15, -0.1) is 11.8 Å². The van der Waals surface area contributed by atoms with Gasteiger partial charge < -0.3 is 0 Å². The predicted octanol–water partition coefficient (Wildman–Crippen LogP) is 4.64. The van der Waals surface area contributed by atoms with Crippen molar-refractivity contribution in [1.82, 2.24) is 4.98 Å². The molecule has 90 valence electrons. The molecule has 0 saturated carbocycles. The molecule has 0 fully saturated rings. The Balaban J connectivity index is 3.15. The average molecular weight is 270 g/mol. The topological polar surface area (TPSA) is 12.9 Å². The van der Waals surface area contributed by atoms with E-state index < -0.39 is 11.9 Å². The fraction of sp³-hybridized carbons (Fsp3) is 0.500. The smallest absolute Gasteiger partial charge is 0.250 e. The molecule has 0 aliphatic rings. The minimum absolute atomic E-state index is 0.201. The maximum atomic E-state index is 12.5. The number of nitrogens with zero attached hydrogens (tertiary/aromatic N) is 1. The molecule has 0 aliphatic heterocycles. The SMILES string of the molecule is CC(C)(C)Sc1ccnc(C(F)(F)F)c1Cl. The van der Waals surface area contributed by atoms with Crippen molar-refractivity contribution in [2.45, 2.75) is 36.6 Å². The summed E-state index contributed by atoms with van der Waals surface area (Å²) in [6, 6.07) is 1.49. The van der Waals surface area contributed by atoms with Gasteiger partial charge in [0.2, 0.25) is 0 Å². The lowest BCUT2D eigenvalue weighted by molar-refractivity contribution is -0.141. The third-order valence-electron chi connectivity index (χ3n) is 1.54. The lowest BCUT2D eigenvalue weighted by Crippen LogP contribution is -2.11. The Morgan fingerprint density at radius 2 is 1.81 bits per heavy atom. The fourth-order valence-electron chi connectivity index (χ4n) is 1.03. The normalized spacial score (nSPS) is 12.9. The van der Waals surface area contributed by atoms with E-state index in [1.165, 1.54) is 17.8 Å². The molecule has 16 heavy (non-hydrogen) atoms. The molecule has 1 aromatic heterocycles. The van der Waals surface area contributed by atoms with Crippen molar-refractivity contribution in [2.75, 3.05) is 0 Å². The van der Waals surface area contributed by atoms with Gasteiger partial charge in [-0.25, -0.2) is 0 Å². The van der Waals surface area contributed by atoms with Gasteiger partial charge in [-0.05, 0) is 6.07 Å². The molecule has 0 amide bonds. The molecule has 0 spiro atoms. The van der Waals surface area contributed by atoms with Crippen LogP contribution in [0.3, 0.4) is 0 Å². The predicted molar refractivity (Wildman–Crippen MR) is 59.9 cm³/mol. The van der Waals surface area contributed by atoms with Gasteiger partial charge in [0.05, 0.1) is 5.02 Å². The van der Waals surface area contributed by atoms with Gasteiger partial charge >= 0.3 is 6.18 Å². The first-order valence-corrected chi connectivity index (χ1v) is 5.71. The van der Waals surface area contributed by atoms with E-state index in [4.69, 9.17) is 11.6 Å². The summed E-state index contributed by atoms with van der Waals surface area (Å²) < 4.78 is 37.3. The molecule has 0 aromatic carbocycles. The highest BCUT2D eigenvalue weighted by atomic mass is 35.5. The Morgan fingerprint density at radius 3 is 2.25 bits per heavy atom. The largest absolute Gasteiger partial charge is 0.434 e. The van der Waals surface area contributed by atoms with Crippen LogP contribution in [0, 0.1) is 0 Å². The molecule has 6 heteroatoms. The molecule has 0 saturated heterocycles. The van der Waals surface area contributed by atoms with Gasteiger partial charge in [-0.2, -0.15) is 13.2 Å². The highest BCUT2D eigenvalue weighted by Gasteiger charge is 2.36. The lowest BCUT2D eigenvalue weighted by Gasteiger charge is -2.19. The summed E-state index contributed by atoms with van der Waals surface area (Å²) in [5.74, 6) is 0. The Labute approximate surface area is 101 Å². The van der Waals surface area contributed by atoms with Gasteiger partial charge in [-0.3, -0.25) is 4.98 Å². The third kappa shape index (κ3) is 3.56. The molecular weight excluding hydrogens is 259 g/mol. The third-order valence-corrected chi connectivity index (χ3v) is 3.21. The van der Waals surface area contributed by atoms with Gasteiger partial charge in [-0.1, -0.05) is 32.4 Å². The zero-order valence-electron chi connectivity index (χ0n) is 9.02. The molecule has 0 atom stereocenters. The Hall–Kier alpha value is -0.420. The monoisotopic (exact) mass is 269 g/mol. The summed E-state index contributed by atoms with van der Waals surface area (Å²) in [7, 11) is 0. The van der Waals surface area contributed by atoms with E-state index in [0.29, 0.717) is 4.90 Å². The van der Waals surface area contributed by atoms with E-state index in [9.17, 15) is 13.2 Å². The van der Waals surface area contributed by atoms with Crippen molar-refractivity contribution in [1.29, 1.82) is 0 Å². The van der Waals surface area contributed by atoms with Crippen molar-refractivity contribution >= 4 is 23.4 Å². The zero-order valence-corrected chi connectivity index (χ0v) is 10.6. The van der Waals surface area contributed by atoms with Crippen molar-refractivity contribution in [2.24, 2.45) is 0 Å². The Morgan fingerprint density at radius 1 is 1.25 bits per heavy atom. The summed E-state index contributed by atoms with van der Waals surface area (Å²) in [4.78, 5) is 3.67. The summed E-state index contributed by atoms with van der Waals surface area (Å²) >= 11 is 6.98. The maximum Gasteiger partial charge on any atom is 0.434 e. The second kappa shape index (κ2) is 4.45. The van der Waals surface area contributed by atoms with Crippen LogP contribution in [0.2, 0.25) is 5.02 Å². The fourth-order valence-corrected chi connectivity index (χ4v) is 2.34. The minimum Gasteiger partial charge on any atom is -0.250 e. The molecule has 0 aliphatic carbocycles. The van der Waals surface area contributed by atoms with Crippen molar-refractivity contribution in [3.63, 3.8) is 0 Å². The number of alkyl halides is 3. The standard InChI is InChI=1S/C10H11ClF3NS/c1-9(2,3)16-6-4-5-15-8(7(6)11)10(12,13)14/h4-5H,1-3H3. The quantitative estimate of drug-likeness (QED) is 0.689. The van der Waals surface area contributed by atoms with E-state index in [1.54, 1.807) is 0 Å². The zero-order chi connectivity index (χ0) is 12.6. The first-order valence-electron chi connectivity index (χ1n) is 4.52. The van der Waals surface area contributed by atoms with Crippen LogP contribution in [-0.2, 0) is 6.18 Å². The van der Waals surface area contributed by atoms with Gasteiger partial charge in [0, 0.05) is 15.8 Å². The first kappa shape index (κ1) is 13.6. The Bertz CT molecular complexity index is 385. The number of halogens is 4. The first-order chi connectivity index (χ1) is 7.11. The van der Waals surface area contributed by atoms with Crippen LogP contribution >= 0.6 is 23.4 Å². The summed E-state index contributed by atoms with van der Waals surface area (Å²) in [6.07, 6.45) is -3.38. The van der Waals surface area contributed by atoms with Crippen LogP contribution in [0.4, 0.5) is 13.2 Å². The Kier molecular flexibility index (Phi) is 3.80. The van der Waals surface area contributed by atoms with E-state index in [1.807, 2.05) is 20.8 Å². The van der Waals surface area contributed by atoms with Crippen LogP contribution in [0.5, 0.6) is 0 Å². The molecule has 1 heterocycles. The molecule has 0 radical (unpaired) electrons. The van der Waals surface area contributed by atoms with Gasteiger partial charge in [0.25, 0.3) is 0 Å². The minimum atomic E-state index is -4.51. The average Bonchev–Trinajstić information content (AvgIpc) is 2.04. The van der Waals surface area contributed by atoms with Crippen LogP contribution in [0.1, 0.15) is 26.5 Å². The molecule has 0 bridgehead atoms. The van der Waals surface area contributed by atoms with Crippen LogP contribution in [0.25, 0.3) is 0 Å². The summed E-state index contributed by atoms with van der Waals surface area (Å²) in [5.41, 5.74) is -1.02. The van der Waals surface area contributed by atoms with Gasteiger partial charge in [0.15, 0.2) is 5.69 Å². The number of hydrogen-bond donors (Lipinski definition) is 0. The van der Waals surface area contributed by atoms with E-state index in [-0.39, 0.29) is 9.77 Å². The highest BCUT2D eigenvalue weighted by Crippen LogP contribution is 2.41. The van der Waals surface area contributed by atoms with E-state index in [2.05, 4.69) is 4.98 Å². The molecule has 0 N–H and O–H groups in total. The molecule has 1 rings (SSSR count). The number of hydrogen-bond acceptors (Lipinski definition) is 2. The summed E-state index contributed by atoms with van der Waals surface area (Å²) in [6.45, 7) is 5.71. The van der Waals surface area contributed by atoms with E-state index >= 15 is 0 Å². The van der Waals surface area contributed by atoms with Crippen molar-refractivity contribution in [3.05, 3.63) is 23.0 Å².